The van der Waals surface area contributed by atoms with Gasteiger partial charge in [0.05, 0.1) is 29.6 Å². The lowest BCUT2D eigenvalue weighted by molar-refractivity contribution is 0.123. The van der Waals surface area contributed by atoms with Crippen LogP contribution in [-0.2, 0) is 15.8 Å². The summed E-state index contributed by atoms with van der Waals surface area (Å²) in [7, 11) is 0. The number of rotatable bonds is 3. The first-order valence-electron chi connectivity index (χ1n) is 8.62. The Morgan fingerprint density at radius 1 is 1.12 bits per heavy atom. The lowest BCUT2D eigenvalue weighted by Crippen LogP contribution is -2.36. The quantitative estimate of drug-likeness (QED) is 0.637. The molecule has 1 heterocycles. The minimum absolute atomic E-state index is 0.374. The number of nitrogen functional groups attached to an aromatic ring is 1. The normalized spacial score (nSPS) is 18.0. The van der Waals surface area contributed by atoms with Crippen molar-refractivity contribution in [2.24, 2.45) is 0 Å². The molecule has 2 fully saturated rings. The number of nitrogens with zero attached hydrogens (tertiary/aromatic N) is 1. The number of para-hydroxylation sites is 1. The molecule has 2 N–H and O–H groups in total. The Hall–Kier alpha value is -1.60. The van der Waals surface area contributed by atoms with E-state index in [2.05, 4.69) is 4.90 Å². The summed E-state index contributed by atoms with van der Waals surface area (Å²) in [6.45, 7) is 3.19. The number of benzene rings is 2. The van der Waals surface area contributed by atoms with E-state index < -0.39 is 11.1 Å². The molecule has 5 nitrogen and oxygen atoms in total. The van der Waals surface area contributed by atoms with Crippen molar-refractivity contribution in [3.05, 3.63) is 53.1 Å². The molecule has 0 radical (unpaired) electrons. The molecular formula is C19H22ClN2O3S-. The standard InChI is InChI=1S/C10H13ClN2O.C9H10O2S/c11-8-2-1-3-9(12)10(8)13-4-6-14-7-5-13;10-12(11)9-5-3-8(4-6-9)7-1-2-7/h1-3H,4-7,12H2;3-7H,1-2H2,(H,10,11)/p-1. The van der Waals surface area contributed by atoms with Gasteiger partial charge in [0.15, 0.2) is 0 Å². The van der Waals surface area contributed by atoms with E-state index in [1.165, 1.54) is 18.4 Å². The third kappa shape index (κ3) is 4.98. The maximum atomic E-state index is 10.5. The Kier molecular flexibility index (Phi) is 6.53. The van der Waals surface area contributed by atoms with Gasteiger partial charge in [-0.25, -0.2) is 0 Å². The zero-order valence-electron chi connectivity index (χ0n) is 14.4. The topological polar surface area (TPSA) is 78.6 Å². The van der Waals surface area contributed by atoms with Gasteiger partial charge >= 0.3 is 0 Å². The maximum absolute atomic E-state index is 10.5. The third-order valence-corrected chi connectivity index (χ3v) is 5.43. The lowest BCUT2D eigenvalue weighted by Gasteiger charge is -2.30. The van der Waals surface area contributed by atoms with Gasteiger partial charge in [-0.2, -0.15) is 0 Å². The molecule has 2 aromatic carbocycles. The van der Waals surface area contributed by atoms with Crippen LogP contribution in [0.1, 0.15) is 24.3 Å². The Bertz CT molecular complexity index is 740. The number of hydrogen-bond acceptors (Lipinski definition) is 5. The van der Waals surface area contributed by atoms with Gasteiger partial charge < -0.3 is 19.9 Å². The van der Waals surface area contributed by atoms with Crippen molar-refractivity contribution in [3.8, 4) is 0 Å². The van der Waals surface area contributed by atoms with E-state index in [1.54, 1.807) is 12.1 Å². The molecular weight excluding hydrogens is 372 g/mol. The number of nitrogens with two attached hydrogens (primary N) is 1. The van der Waals surface area contributed by atoms with Gasteiger partial charge in [0.1, 0.15) is 0 Å². The fourth-order valence-corrected chi connectivity index (χ4v) is 3.58. The Morgan fingerprint density at radius 3 is 2.31 bits per heavy atom. The summed E-state index contributed by atoms with van der Waals surface area (Å²) in [4.78, 5) is 2.54. The van der Waals surface area contributed by atoms with E-state index >= 15 is 0 Å². The first-order valence-corrected chi connectivity index (χ1v) is 10.1. The van der Waals surface area contributed by atoms with E-state index in [0.717, 1.165) is 37.7 Å². The Balaban J connectivity index is 0.000000152. The van der Waals surface area contributed by atoms with Gasteiger partial charge in [-0.3, -0.25) is 4.21 Å². The van der Waals surface area contributed by atoms with Crippen molar-refractivity contribution < 1.29 is 13.5 Å². The largest absolute Gasteiger partial charge is 0.768 e. The lowest BCUT2D eigenvalue weighted by atomic mass is 10.1. The summed E-state index contributed by atoms with van der Waals surface area (Å²) >= 11 is 4.02. The minimum Gasteiger partial charge on any atom is -0.768 e. The van der Waals surface area contributed by atoms with E-state index in [1.807, 2.05) is 30.3 Å². The van der Waals surface area contributed by atoms with Crippen molar-refractivity contribution in [3.63, 3.8) is 0 Å². The highest BCUT2D eigenvalue weighted by molar-refractivity contribution is 7.79. The van der Waals surface area contributed by atoms with Gasteiger partial charge in [0, 0.05) is 18.0 Å². The number of ether oxygens (including phenoxy) is 1. The molecule has 7 heteroatoms. The average molecular weight is 394 g/mol. The van der Waals surface area contributed by atoms with Crippen molar-refractivity contribution in [2.75, 3.05) is 36.9 Å². The number of hydrogen-bond donors (Lipinski definition) is 1. The molecule has 1 unspecified atom stereocenters. The van der Waals surface area contributed by atoms with Crippen LogP contribution < -0.4 is 10.6 Å². The third-order valence-electron chi connectivity index (χ3n) is 4.47. The summed E-state index contributed by atoms with van der Waals surface area (Å²) in [6.07, 6.45) is 2.50. The minimum atomic E-state index is -2.08. The second-order valence-corrected chi connectivity index (χ2v) is 7.70. The van der Waals surface area contributed by atoms with Crippen LogP contribution in [0.3, 0.4) is 0 Å². The zero-order chi connectivity index (χ0) is 18.5. The number of morpholine rings is 1. The molecule has 2 aromatic rings. The van der Waals surface area contributed by atoms with Crippen LogP contribution in [0.4, 0.5) is 11.4 Å². The van der Waals surface area contributed by atoms with Crippen LogP contribution in [0.5, 0.6) is 0 Å². The summed E-state index contributed by atoms with van der Waals surface area (Å²) in [5.74, 6) is 0.694. The smallest absolute Gasteiger partial charge is 0.0790 e. The summed E-state index contributed by atoms with van der Waals surface area (Å²) in [5, 5.41) is 0.715. The molecule has 4 rings (SSSR count). The second-order valence-electron chi connectivity index (χ2n) is 6.36. The Morgan fingerprint density at radius 2 is 1.77 bits per heavy atom. The van der Waals surface area contributed by atoms with Gasteiger partial charge in [-0.1, -0.05) is 29.8 Å². The van der Waals surface area contributed by atoms with Crippen LogP contribution >= 0.6 is 11.6 Å². The maximum Gasteiger partial charge on any atom is 0.0790 e. The highest BCUT2D eigenvalue weighted by Gasteiger charge is 2.22. The van der Waals surface area contributed by atoms with E-state index in [9.17, 15) is 8.76 Å². The fraction of sp³-hybridized carbons (Fsp3) is 0.368. The van der Waals surface area contributed by atoms with Crippen LogP contribution in [0.2, 0.25) is 5.02 Å². The van der Waals surface area contributed by atoms with Crippen LogP contribution in [0.25, 0.3) is 0 Å². The van der Waals surface area contributed by atoms with Gasteiger partial charge in [0.25, 0.3) is 0 Å². The monoisotopic (exact) mass is 393 g/mol. The molecule has 1 aliphatic carbocycles. The number of anilines is 2. The molecule has 1 aliphatic heterocycles. The van der Waals surface area contributed by atoms with Crippen LogP contribution in [0, 0.1) is 0 Å². The zero-order valence-corrected chi connectivity index (χ0v) is 16.0. The average Bonchev–Trinajstić information content (AvgIpc) is 3.48. The molecule has 1 saturated heterocycles. The van der Waals surface area contributed by atoms with Crippen molar-refractivity contribution in [1.82, 2.24) is 0 Å². The van der Waals surface area contributed by atoms with E-state index in [4.69, 9.17) is 22.1 Å². The molecule has 0 amide bonds. The van der Waals surface area contributed by atoms with Crippen LogP contribution in [0.15, 0.2) is 47.4 Å². The van der Waals surface area contributed by atoms with Gasteiger partial charge in [0.2, 0.25) is 0 Å². The summed E-state index contributed by atoms with van der Waals surface area (Å²) < 4.78 is 26.3. The van der Waals surface area contributed by atoms with Crippen molar-refractivity contribution in [1.29, 1.82) is 0 Å². The molecule has 26 heavy (non-hydrogen) atoms. The number of halogens is 1. The van der Waals surface area contributed by atoms with Crippen LogP contribution in [-0.4, -0.2) is 35.1 Å². The van der Waals surface area contributed by atoms with Gasteiger partial charge in [-0.05, 0) is 59.7 Å². The highest BCUT2D eigenvalue weighted by Crippen LogP contribution is 2.40. The SMILES string of the molecule is Nc1cccc(Cl)c1N1CCOCC1.O=S([O-])c1ccc(C2CC2)cc1. The van der Waals surface area contributed by atoms with E-state index in [-0.39, 0.29) is 0 Å². The molecule has 0 aromatic heterocycles. The predicted molar refractivity (Wildman–Crippen MR) is 104 cm³/mol. The highest BCUT2D eigenvalue weighted by atomic mass is 35.5. The Labute approximate surface area is 161 Å². The predicted octanol–water partition coefficient (Wildman–Crippen LogP) is 3.56. The van der Waals surface area contributed by atoms with E-state index in [0.29, 0.717) is 15.8 Å². The molecule has 2 aliphatic rings. The summed E-state index contributed by atoms with van der Waals surface area (Å²) in [5.41, 5.74) is 8.83. The molecule has 1 atom stereocenters. The second kappa shape index (κ2) is 8.86. The van der Waals surface area contributed by atoms with Gasteiger partial charge in [-0.15, -0.1) is 0 Å². The molecule has 0 bridgehead atoms. The summed E-state index contributed by atoms with van der Waals surface area (Å²) in [6, 6.07) is 12.7. The molecule has 0 spiro atoms. The van der Waals surface area contributed by atoms with Crippen molar-refractivity contribution in [2.45, 2.75) is 23.7 Å². The molecule has 1 saturated carbocycles. The first kappa shape index (κ1) is 19.2. The fourth-order valence-electron chi connectivity index (χ4n) is 2.92. The van der Waals surface area contributed by atoms with Crippen molar-refractivity contribution >= 4 is 34.1 Å². The first-order chi connectivity index (χ1) is 12.6. The molecule has 140 valence electrons.